The molecule has 2 heterocycles. The van der Waals surface area contributed by atoms with E-state index in [1.807, 2.05) is 32.0 Å². The molecule has 0 bridgehead atoms. The summed E-state index contributed by atoms with van der Waals surface area (Å²) in [5, 5.41) is 2.97. The molecule has 1 fully saturated rings. The Morgan fingerprint density at radius 2 is 1.70 bits per heavy atom. The third-order valence-corrected chi connectivity index (χ3v) is 7.95. The Labute approximate surface area is 274 Å². The maximum atomic E-state index is 14.9. The van der Waals surface area contributed by atoms with Gasteiger partial charge in [0.15, 0.2) is 11.6 Å². The molecule has 12 heteroatoms. The molecule has 0 atom stereocenters. The number of nitrogens with one attached hydrogen (secondary N) is 1. The first-order valence-corrected chi connectivity index (χ1v) is 15.5. The van der Waals surface area contributed by atoms with E-state index < -0.39 is 11.9 Å². The highest BCUT2D eigenvalue weighted by Gasteiger charge is 2.27. The van der Waals surface area contributed by atoms with Crippen LogP contribution < -0.4 is 29.2 Å². The van der Waals surface area contributed by atoms with Crippen molar-refractivity contribution < 1.29 is 28.1 Å². The van der Waals surface area contributed by atoms with Crippen LogP contribution in [0.4, 0.5) is 32.2 Å². The largest absolute Gasteiger partial charge is 0.497 e. The number of carbonyl (C=O) groups excluding carboxylic acids is 1. The fourth-order valence-corrected chi connectivity index (χ4v) is 5.40. The summed E-state index contributed by atoms with van der Waals surface area (Å²) in [6.45, 7) is 9.35. The number of rotatable bonds is 12. The predicted molar refractivity (Wildman–Crippen MR) is 179 cm³/mol. The number of carbonyl (C=O) groups is 1. The van der Waals surface area contributed by atoms with Crippen LogP contribution in [0.25, 0.3) is 0 Å². The second-order valence-electron chi connectivity index (χ2n) is 11.3. The number of methoxy groups -OCH3 is 2. The summed E-state index contributed by atoms with van der Waals surface area (Å²) in [6, 6.07) is 16.9. The van der Waals surface area contributed by atoms with Gasteiger partial charge >= 0.3 is 6.09 Å². The number of anilines is 4. The van der Waals surface area contributed by atoms with Gasteiger partial charge in [-0.05, 0) is 62.7 Å². The molecule has 1 aliphatic heterocycles. The van der Waals surface area contributed by atoms with Crippen LogP contribution in [0, 0.1) is 19.7 Å². The molecule has 1 aliphatic rings. The van der Waals surface area contributed by atoms with E-state index in [0.29, 0.717) is 35.2 Å². The van der Waals surface area contributed by atoms with E-state index in [1.54, 1.807) is 37.4 Å². The number of hydrogen-bond acceptors (Lipinski definition) is 10. The fraction of sp³-hybridized carbons (Fsp3) is 0.343. The zero-order valence-electron chi connectivity index (χ0n) is 27.5. The van der Waals surface area contributed by atoms with Gasteiger partial charge in [0.05, 0.1) is 32.2 Å². The van der Waals surface area contributed by atoms with Gasteiger partial charge in [0, 0.05) is 62.8 Å². The molecule has 0 radical (unpaired) electrons. The summed E-state index contributed by atoms with van der Waals surface area (Å²) in [4.78, 5) is 28.6. The van der Waals surface area contributed by atoms with Crippen LogP contribution in [0.3, 0.4) is 0 Å². The predicted octanol–water partition coefficient (Wildman–Crippen LogP) is 6.35. The van der Waals surface area contributed by atoms with Crippen LogP contribution in [0.15, 0.2) is 66.9 Å². The molecule has 47 heavy (non-hydrogen) atoms. The number of ether oxygens (including phenoxy) is 4. The molecule has 1 saturated heterocycles. The Morgan fingerprint density at radius 3 is 2.40 bits per heavy atom. The summed E-state index contributed by atoms with van der Waals surface area (Å²) in [5.74, 6) is 0.762. The van der Waals surface area contributed by atoms with E-state index in [-0.39, 0.29) is 17.6 Å². The number of benzene rings is 3. The minimum absolute atomic E-state index is 0.00799. The molecule has 248 valence electrons. The normalized spacial score (nSPS) is 13.6. The van der Waals surface area contributed by atoms with Gasteiger partial charge in [-0.15, -0.1) is 0 Å². The highest BCUT2D eigenvalue weighted by atomic mass is 19.1. The minimum Gasteiger partial charge on any atom is -0.497 e. The highest BCUT2D eigenvalue weighted by Crippen LogP contribution is 2.40. The maximum absolute atomic E-state index is 14.9. The van der Waals surface area contributed by atoms with Crippen molar-refractivity contribution in [3.8, 4) is 23.1 Å². The standard InChI is InChI=1S/C35H41FN6O5/c1-24-8-6-9-25(2)33(24)42(29-23-27(44-4)11-13-31(29)45-5)35(43)47-32-14-15-37-34(39-32)38-26-10-12-30(28(36)22-26)46-21-7-16-41-19-17-40(3)18-20-41/h6,8-15,22-23H,7,16-21H2,1-5H3,(H,37,38,39). The van der Waals surface area contributed by atoms with Crippen LogP contribution in [0.1, 0.15) is 17.5 Å². The van der Waals surface area contributed by atoms with Gasteiger partial charge in [0.2, 0.25) is 11.8 Å². The Bertz CT molecular complexity index is 1660. The van der Waals surface area contributed by atoms with Crippen LogP contribution in [-0.2, 0) is 0 Å². The molecule has 0 unspecified atom stereocenters. The third-order valence-electron chi connectivity index (χ3n) is 7.95. The highest BCUT2D eigenvalue weighted by molar-refractivity contribution is 6.00. The van der Waals surface area contributed by atoms with Gasteiger partial charge in [-0.1, -0.05) is 18.2 Å². The van der Waals surface area contributed by atoms with Gasteiger partial charge < -0.3 is 34.1 Å². The van der Waals surface area contributed by atoms with Crippen molar-refractivity contribution in [2.24, 2.45) is 0 Å². The molecule has 3 aromatic carbocycles. The average molecular weight is 645 g/mol. The summed E-state index contributed by atoms with van der Waals surface area (Å²) in [5.41, 5.74) is 3.17. The molecule has 4 aromatic rings. The van der Waals surface area contributed by atoms with E-state index >= 15 is 0 Å². The maximum Gasteiger partial charge on any atom is 0.425 e. The second kappa shape index (κ2) is 15.6. The number of aromatic nitrogens is 2. The van der Waals surface area contributed by atoms with Crippen molar-refractivity contribution in [1.29, 1.82) is 0 Å². The van der Waals surface area contributed by atoms with Gasteiger partial charge in [-0.3, -0.25) is 0 Å². The number of para-hydroxylation sites is 1. The summed E-state index contributed by atoms with van der Waals surface area (Å²) in [6.07, 6.45) is 1.54. The Balaban J connectivity index is 1.27. The van der Waals surface area contributed by atoms with E-state index in [4.69, 9.17) is 18.9 Å². The van der Waals surface area contributed by atoms with Crippen LogP contribution >= 0.6 is 0 Å². The first-order valence-electron chi connectivity index (χ1n) is 15.5. The lowest BCUT2D eigenvalue weighted by Crippen LogP contribution is -2.44. The first-order chi connectivity index (χ1) is 22.7. The lowest BCUT2D eigenvalue weighted by Gasteiger charge is -2.32. The van der Waals surface area contributed by atoms with E-state index in [9.17, 15) is 9.18 Å². The molecule has 0 saturated carbocycles. The SMILES string of the molecule is COc1ccc(OC)c(N(C(=O)Oc2ccnc(Nc3ccc(OCCCN4CCN(C)CC4)c(F)c3)n2)c2c(C)cccc2C)c1. The lowest BCUT2D eigenvalue weighted by molar-refractivity contribution is 0.145. The fourth-order valence-electron chi connectivity index (χ4n) is 5.40. The molecule has 5 rings (SSSR count). The third kappa shape index (κ3) is 8.46. The lowest BCUT2D eigenvalue weighted by atomic mass is 10.1. The van der Waals surface area contributed by atoms with Crippen molar-refractivity contribution in [2.75, 3.05) is 70.8 Å². The Kier molecular flexibility index (Phi) is 11.1. The van der Waals surface area contributed by atoms with E-state index in [0.717, 1.165) is 50.3 Å². The molecule has 1 amide bonds. The van der Waals surface area contributed by atoms with Gasteiger partial charge in [0.25, 0.3) is 0 Å². The molecular weight excluding hydrogens is 603 g/mol. The Morgan fingerprint density at radius 1 is 0.957 bits per heavy atom. The number of hydrogen-bond donors (Lipinski definition) is 1. The molecule has 1 aromatic heterocycles. The number of piperazine rings is 1. The second-order valence-corrected chi connectivity index (χ2v) is 11.3. The summed E-state index contributed by atoms with van der Waals surface area (Å²) >= 11 is 0. The number of nitrogens with zero attached hydrogens (tertiary/aromatic N) is 5. The zero-order chi connectivity index (χ0) is 33.3. The summed E-state index contributed by atoms with van der Waals surface area (Å²) < 4.78 is 37.4. The number of aryl methyl sites for hydroxylation is 2. The molecule has 0 spiro atoms. The van der Waals surface area contributed by atoms with Crippen LogP contribution in [-0.4, -0.2) is 86.5 Å². The van der Waals surface area contributed by atoms with Crippen molar-refractivity contribution in [2.45, 2.75) is 20.3 Å². The van der Waals surface area contributed by atoms with Gasteiger partial charge in [0.1, 0.15) is 11.5 Å². The molecular formula is C35H41FN6O5. The van der Waals surface area contributed by atoms with Crippen molar-refractivity contribution >= 4 is 29.1 Å². The van der Waals surface area contributed by atoms with Crippen LogP contribution in [0.2, 0.25) is 0 Å². The number of likely N-dealkylation sites (N-methyl/N-ethyl adjacent to an activating group) is 1. The monoisotopic (exact) mass is 644 g/mol. The number of amides is 1. The van der Waals surface area contributed by atoms with Crippen molar-refractivity contribution in [3.05, 3.63) is 83.8 Å². The average Bonchev–Trinajstić information content (AvgIpc) is 3.06. The number of halogens is 1. The zero-order valence-corrected chi connectivity index (χ0v) is 27.5. The first kappa shape index (κ1) is 33.4. The van der Waals surface area contributed by atoms with Gasteiger partial charge in [-0.2, -0.15) is 4.98 Å². The minimum atomic E-state index is -0.723. The van der Waals surface area contributed by atoms with Gasteiger partial charge in [-0.25, -0.2) is 19.1 Å². The van der Waals surface area contributed by atoms with E-state index in [2.05, 4.69) is 32.1 Å². The van der Waals surface area contributed by atoms with Crippen molar-refractivity contribution in [1.82, 2.24) is 19.8 Å². The van der Waals surface area contributed by atoms with Crippen molar-refractivity contribution in [3.63, 3.8) is 0 Å². The van der Waals surface area contributed by atoms with Crippen LogP contribution in [0.5, 0.6) is 23.1 Å². The quantitative estimate of drug-likeness (QED) is 0.176. The summed E-state index contributed by atoms with van der Waals surface area (Å²) in [7, 11) is 5.20. The Hall–Kier alpha value is -4.94. The molecule has 1 N–H and O–H groups in total. The van der Waals surface area contributed by atoms with E-state index in [1.165, 1.54) is 30.3 Å². The molecule has 11 nitrogen and oxygen atoms in total. The topological polar surface area (TPSA) is 102 Å². The smallest absolute Gasteiger partial charge is 0.425 e. The molecule has 0 aliphatic carbocycles.